The van der Waals surface area contributed by atoms with Gasteiger partial charge in [-0.2, -0.15) is 0 Å². The number of ether oxygens (including phenoxy) is 4. The predicted octanol–water partition coefficient (Wildman–Crippen LogP) is 9.31. The van der Waals surface area contributed by atoms with Crippen LogP contribution in [0.25, 0.3) is 11.1 Å². The molecule has 4 aromatic carbocycles. The lowest BCUT2D eigenvalue weighted by Crippen LogP contribution is -2.33. The van der Waals surface area contributed by atoms with E-state index in [0.717, 1.165) is 18.5 Å². The van der Waals surface area contributed by atoms with Crippen molar-refractivity contribution in [1.29, 1.82) is 0 Å². The van der Waals surface area contributed by atoms with Gasteiger partial charge in [0.05, 0.1) is 40.0 Å². The summed E-state index contributed by atoms with van der Waals surface area (Å²) in [5, 5.41) is 0. The average Bonchev–Trinajstić information content (AvgIpc) is 3.10. The third kappa shape index (κ3) is 8.77. The largest absolute Gasteiger partial charge is 0.494 e. The highest BCUT2D eigenvalue weighted by Gasteiger charge is 2.22. The van der Waals surface area contributed by atoms with E-state index in [1.165, 1.54) is 37.1 Å². The molecular weight excluding hydrogens is 639 g/mol. The van der Waals surface area contributed by atoms with Crippen LogP contribution in [0.2, 0.25) is 0 Å². The molecular formula is C37H40F3N3O4S. The van der Waals surface area contributed by atoms with Crippen LogP contribution in [0, 0.1) is 17.5 Å². The number of hydrogen-bond acceptors (Lipinski definition) is 8. The first-order valence-electron chi connectivity index (χ1n) is 15.3. The normalized spacial score (nSPS) is 11.2. The Kier molecular flexibility index (Phi) is 13.1. The first-order valence-corrected chi connectivity index (χ1v) is 16.4. The molecule has 0 fully saturated rings. The van der Waals surface area contributed by atoms with Crippen LogP contribution in [0.15, 0.2) is 89.8 Å². The SMILES string of the molecule is C=N/C=C(/N(C)c1ccc(OC)c(OC)c1)N(CSCc1c(F)cc(-c2ccc(OCCCC)cc2)cc1F)c1ccc(F)c(OC)c1. The van der Waals surface area contributed by atoms with Crippen LogP contribution in [0.5, 0.6) is 23.0 Å². The lowest BCUT2D eigenvalue weighted by atomic mass is 10.0. The fourth-order valence-electron chi connectivity index (χ4n) is 4.90. The smallest absolute Gasteiger partial charge is 0.165 e. The van der Waals surface area contributed by atoms with E-state index in [2.05, 4.69) is 18.6 Å². The zero-order chi connectivity index (χ0) is 34.6. The molecule has 48 heavy (non-hydrogen) atoms. The summed E-state index contributed by atoms with van der Waals surface area (Å²) in [7, 11) is 6.29. The summed E-state index contributed by atoms with van der Waals surface area (Å²) in [5.74, 6) is 0.748. The Hall–Kier alpha value is -4.77. The van der Waals surface area contributed by atoms with Crippen molar-refractivity contribution in [2.24, 2.45) is 4.99 Å². The van der Waals surface area contributed by atoms with Crippen LogP contribution >= 0.6 is 11.8 Å². The van der Waals surface area contributed by atoms with E-state index in [4.69, 9.17) is 18.9 Å². The van der Waals surface area contributed by atoms with E-state index in [1.54, 1.807) is 69.0 Å². The molecule has 0 N–H and O–H groups in total. The van der Waals surface area contributed by atoms with Gasteiger partial charge in [0.2, 0.25) is 0 Å². The molecule has 0 aliphatic heterocycles. The molecule has 0 atom stereocenters. The molecule has 0 aromatic heterocycles. The van der Waals surface area contributed by atoms with Crippen molar-refractivity contribution in [2.45, 2.75) is 25.5 Å². The second-order valence-electron chi connectivity index (χ2n) is 10.6. The predicted molar refractivity (Wildman–Crippen MR) is 189 cm³/mol. The molecule has 0 saturated carbocycles. The van der Waals surface area contributed by atoms with Crippen molar-refractivity contribution in [1.82, 2.24) is 0 Å². The third-order valence-corrected chi connectivity index (χ3v) is 8.52. The molecule has 4 aromatic rings. The summed E-state index contributed by atoms with van der Waals surface area (Å²) < 4.78 is 67.1. The molecule has 0 aliphatic carbocycles. The molecule has 4 rings (SSSR count). The van der Waals surface area contributed by atoms with Crippen LogP contribution in [-0.2, 0) is 5.75 Å². The van der Waals surface area contributed by atoms with Crippen LogP contribution in [0.1, 0.15) is 25.3 Å². The monoisotopic (exact) mass is 679 g/mol. The van der Waals surface area contributed by atoms with Gasteiger partial charge in [-0.3, -0.25) is 4.99 Å². The van der Waals surface area contributed by atoms with Crippen molar-refractivity contribution < 1.29 is 32.1 Å². The van der Waals surface area contributed by atoms with Crippen molar-refractivity contribution in [3.8, 4) is 34.1 Å². The molecule has 0 bridgehead atoms. The van der Waals surface area contributed by atoms with Crippen molar-refractivity contribution in [3.63, 3.8) is 0 Å². The first kappa shape index (κ1) is 36.1. The number of unbranched alkanes of at least 4 members (excludes halogenated alkanes) is 1. The quantitative estimate of drug-likeness (QED) is 0.0627. The number of anilines is 2. The standard InChI is InChI=1S/C37H40F3N3O4S/c1-7-8-17-47-29-13-9-25(10-14-29)26-18-32(39)30(33(40)19-26)23-48-24-43(28-11-15-31(38)35(21-28)45-5)37(22-41-2)42(3)27-12-16-34(44-4)36(20-27)46-6/h9-16,18-22H,2,7-8,17,23-24H2,1,3-6H3/b37-22-. The van der Waals surface area contributed by atoms with Gasteiger partial charge < -0.3 is 28.7 Å². The third-order valence-electron chi connectivity index (χ3n) is 7.59. The van der Waals surface area contributed by atoms with Crippen LogP contribution in [0.3, 0.4) is 0 Å². The van der Waals surface area contributed by atoms with Gasteiger partial charge in [-0.25, -0.2) is 13.2 Å². The molecule has 0 spiro atoms. The molecule has 7 nitrogen and oxygen atoms in total. The van der Waals surface area contributed by atoms with E-state index >= 15 is 8.78 Å². The lowest BCUT2D eigenvalue weighted by molar-refractivity contribution is 0.309. The van der Waals surface area contributed by atoms with Crippen LogP contribution in [0.4, 0.5) is 24.5 Å². The zero-order valence-corrected chi connectivity index (χ0v) is 28.6. The summed E-state index contributed by atoms with van der Waals surface area (Å²) in [4.78, 5) is 7.69. The number of nitrogens with zero attached hydrogens (tertiary/aromatic N) is 3. The number of aliphatic imine (C=N–C) groups is 1. The highest BCUT2D eigenvalue weighted by Crippen LogP contribution is 2.36. The molecule has 0 heterocycles. The van der Waals surface area contributed by atoms with Crippen LogP contribution in [-0.4, -0.2) is 47.6 Å². The number of methoxy groups -OCH3 is 3. The maximum Gasteiger partial charge on any atom is 0.165 e. The van der Waals surface area contributed by atoms with Crippen LogP contribution < -0.4 is 28.7 Å². The van der Waals surface area contributed by atoms with Crippen molar-refractivity contribution in [2.75, 3.05) is 50.7 Å². The highest BCUT2D eigenvalue weighted by molar-refractivity contribution is 7.98. The first-order chi connectivity index (χ1) is 23.2. The second-order valence-corrected chi connectivity index (χ2v) is 11.6. The number of hydrogen-bond donors (Lipinski definition) is 0. The number of benzene rings is 4. The van der Waals surface area contributed by atoms with Crippen molar-refractivity contribution in [3.05, 3.63) is 108 Å². The Morgan fingerprint density at radius 2 is 1.44 bits per heavy atom. The van der Waals surface area contributed by atoms with Gasteiger partial charge in [0.1, 0.15) is 23.2 Å². The van der Waals surface area contributed by atoms with E-state index in [0.29, 0.717) is 46.5 Å². The summed E-state index contributed by atoms with van der Waals surface area (Å²) in [6.45, 7) is 6.35. The average molecular weight is 680 g/mol. The fraction of sp³-hybridized carbons (Fsp3) is 0.270. The van der Waals surface area contributed by atoms with Gasteiger partial charge in [0, 0.05) is 41.9 Å². The summed E-state index contributed by atoms with van der Waals surface area (Å²) >= 11 is 1.27. The molecule has 0 unspecified atom stereocenters. The Morgan fingerprint density at radius 3 is 2.06 bits per heavy atom. The number of rotatable bonds is 17. The minimum Gasteiger partial charge on any atom is -0.494 e. The van der Waals surface area contributed by atoms with Gasteiger partial charge in [-0.05, 0) is 72.8 Å². The topological polar surface area (TPSA) is 55.8 Å². The maximum atomic E-state index is 15.4. The van der Waals surface area contributed by atoms with Crippen molar-refractivity contribution >= 4 is 29.9 Å². The molecule has 0 aliphatic rings. The summed E-state index contributed by atoms with van der Waals surface area (Å²) in [6.07, 6.45) is 3.52. The van der Waals surface area contributed by atoms with Gasteiger partial charge in [-0.15, -0.1) is 11.8 Å². The van der Waals surface area contributed by atoms with E-state index in [1.807, 2.05) is 22.9 Å². The molecule has 0 amide bonds. The Bertz CT molecular complexity index is 1700. The van der Waals surface area contributed by atoms with Gasteiger partial charge in [-0.1, -0.05) is 25.5 Å². The molecule has 0 radical (unpaired) electrons. The highest BCUT2D eigenvalue weighted by atomic mass is 32.2. The van der Waals surface area contributed by atoms with Gasteiger partial charge >= 0.3 is 0 Å². The van der Waals surface area contributed by atoms with Gasteiger partial charge in [0.25, 0.3) is 0 Å². The minimum absolute atomic E-state index is 0.0197. The Labute approximate surface area is 284 Å². The Balaban J connectivity index is 1.60. The number of thioether (sulfide) groups is 1. The molecule has 0 saturated heterocycles. The maximum absolute atomic E-state index is 15.4. The zero-order valence-electron chi connectivity index (χ0n) is 27.8. The molecule has 11 heteroatoms. The van der Waals surface area contributed by atoms with E-state index < -0.39 is 17.5 Å². The summed E-state index contributed by atoms with van der Waals surface area (Å²) in [5.41, 5.74) is 2.33. The molecule has 254 valence electrons. The summed E-state index contributed by atoms with van der Waals surface area (Å²) in [6, 6.07) is 19.7. The second kappa shape index (κ2) is 17.4. The van der Waals surface area contributed by atoms with E-state index in [-0.39, 0.29) is 22.9 Å². The van der Waals surface area contributed by atoms with E-state index in [9.17, 15) is 4.39 Å². The fourth-order valence-corrected chi connectivity index (χ4v) is 5.93. The lowest BCUT2D eigenvalue weighted by Gasteiger charge is -2.33. The van der Waals surface area contributed by atoms with Gasteiger partial charge in [0.15, 0.2) is 23.1 Å². The number of halogens is 3. The minimum atomic E-state index is -0.651. The Morgan fingerprint density at radius 1 is 0.792 bits per heavy atom.